The van der Waals surface area contributed by atoms with E-state index in [0.717, 1.165) is 29.7 Å². The van der Waals surface area contributed by atoms with E-state index in [1.54, 1.807) is 11.1 Å². The zero-order valence-corrected chi connectivity index (χ0v) is 15.0. The molecule has 1 aromatic carbocycles. The summed E-state index contributed by atoms with van der Waals surface area (Å²) in [7, 11) is 0. The van der Waals surface area contributed by atoms with E-state index in [1.165, 1.54) is 12.0 Å². The van der Waals surface area contributed by atoms with Gasteiger partial charge in [0, 0.05) is 18.7 Å². The predicted molar refractivity (Wildman–Crippen MR) is 96.0 cm³/mol. The van der Waals surface area contributed by atoms with Crippen molar-refractivity contribution in [3.05, 3.63) is 59.8 Å². The standard InChI is InChI=1S/C20H24N2O3/c1-20(2,3)25-19(23)22-11-9-16(10-12-22)18(17-13-21-14-24-17)15-7-5-4-6-8-15/h4-8,13-14H,9-12H2,1-3H3. The number of carbonyl (C=O) groups excluding carboxylic acids is 1. The molecule has 1 aliphatic rings. The predicted octanol–water partition coefficient (Wildman–Crippen LogP) is 4.51. The number of nitrogens with zero attached hydrogens (tertiary/aromatic N) is 2. The fourth-order valence-corrected chi connectivity index (χ4v) is 3.00. The second-order valence-electron chi connectivity index (χ2n) is 7.18. The molecule has 5 nitrogen and oxygen atoms in total. The van der Waals surface area contributed by atoms with Crippen molar-refractivity contribution in [1.82, 2.24) is 9.88 Å². The monoisotopic (exact) mass is 340 g/mol. The first-order valence-electron chi connectivity index (χ1n) is 8.58. The van der Waals surface area contributed by atoms with Gasteiger partial charge in [0.05, 0.1) is 6.20 Å². The van der Waals surface area contributed by atoms with Crippen LogP contribution in [0.5, 0.6) is 0 Å². The molecule has 5 heteroatoms. The van der Waals surface area contributed by atoms with Crippen molar-refractivity contribution in [2.75, 3.05) is 13.1 Å². The smallest absolute Gasteiger partial charge is 0.410 e. The number of hydrogen-bond donors (Lipinski definition) is 0. The van der Waals surface area contributed by atoms with Gasteiger partial charge in [-0.25, -0.2) is 9.78 Å². The van der Waals surface area contributed by atoms with Crippen LogP contribution in [0.15, 0.2) is 52.9 Å². The molecule has 1 aliphatic heterocycles. The molecular weight excluding hydrogens is 316 g/mol. The Hall–Kier alpha value is -2.56. The van der Waals surface area contributed by atoms with Crippen molar-refractivity contribution >= 4 is 11.7 Å². The van der Waals surface area contributed by atoms with Crippen LogP contribution in [0.25, 0.3) is 5.57 Å². The van der Waals surface area contributed by atoms with E-state index in [2.05, 4.69) is 17.1 Å². The summed E-state index contributed by atoms with van der Waals surface area (Å²) in [6, 6.07) is 10.2. The summed E-state index contributed by atoms with van der Waals surface area (Å²) in [5.74, 6) is 0.770. The lowest BCUT2D eigenvalue weighted by Crippen LogP contribution is -2.40. The van der Waals surface area contributed by atoms with Crippen molar-refractivity contribution in [3.8, 4) is 0 Å². The third-order valence-corrected chi connectivity index (χ3v) is 4.11. The van der Waals surface area contributed by atoms with E-state index in [9.17, 15) is 4.79 Å². The number of oxazole rings is 1. The maximum absolute atomic E-state index is 12.2. The quantitative estimate of drug-likeness (QED) is 0.807. The highest BCUT2D eigenvalue weighted by atomic mass is 16.6. The number of ether oxygens (including phenoxy) is 1. The van der Waals surface area contributed by atoms with Crippen LogP contribution < -0.4 is 0 Å². The molecule has 3 rings (SSSR count). The maximum Gasteiger partial charge on any atom is 0.410 e. The lowest BCUT2D eigenvalue weighted by Gasteiger charge is -2.31. The topological polar surface area (TPSA) is 55.6 Å². The van der Waals surface area contributed by atoms with E-state index < -0.39 is 5.60 Å². The molecule has 0 aliphatic carbocycles. The average Bonchev–Trinajstić information content (AvgIpc) is 3.09. The molecule has 0 radical (unpaired) electrons. The highest BCUT2D eigenvalue weighted by Gasteiger charge is 2.26. The maximum atomic E-state index is 12.2. The summed E-state index contributed by atoms with van der Waals surface area (Å²) in [5.41, 5.74) is 3.01. The Morgan fingerprint density at radius 1 is 1.16 bits per heavy atom. The Bertz CT molecular complexity index is 733. The summed E-state index contributed by atoms with van der Waals surface area (Å²) in [4.78, 5) is 18.1. The second kappa shape index (κ2) is 7.13. The van der Waals surface area contributed by atoms with Crippen LogP contribution in [-0.4, -0.2) is 34.7 Å². The minimum atomic E-state index is -0.470. The second-order valence-corrected chi connectivity index (χ2v) is 7.18. The van der Waals surface area contributed by atoms with E-state index in [-0.39, 0.29) is 6.09 Å². The minimum Gasteiger partial charge on any atom is -0.444 e. The Morgan fingerprint density at radius 2 is 1.84 bits per heavy atom. The van der Waals surface area contributed by atoms with E-state index in [1.807, 2.05) is 39.0 Å². The van der Waals surface area contributed by atoms with Crippen LogP contribution in [0, 0.1) is 0 Å². The molecule has 0 N–H and O–H groups in total. The molecule has 1 aromatic heterocycles. The third kappa shape index (κ3) is 4.29. The molecule has 2 aromatic rings. The molecule has 132 valence electrons. The van der Waals surface area contributed by atoms with Gasteiger partial charge >= 0.3 is 6.09 Å². The van der Waals surface area contributed by atoms with Gasteiger partial charge in [0.2, 0.25) is 0 Å². The number of piperidine rings is 1. The van der Waals surface area contributed by atoms with Crippen molar-refractivity contribution in [3.63, 3.8) is 0 Å². The highest BCUT2D eigenvalue weighted by molar-refractivity contribution is 5.79. The van der Waals surface area contributed by atoms with Crippen molar-refractivity contribution < 1.29 is 13.9 Å². The van der Waals surface area contributed by atoms with Gasteiger partial charge in [-0.1, -0.05) is 35.9 Å². The normalized spacial score (nSPS) is 15.2. The minimum absolute atomic E-state index is 0.243. The van der Waals surface area contributed by atoms with Crippen molar-refractivity contribution in [2.45, 2.75) is 39.2 Å². The first-order chi connectivity index (χ1) is 11.9. The molecule has 1 fully saturated rings. The fourth-order valence-electron chi connectivity index (χ4n) is 3.00. The zero-order valence-electron chi connectivity index (χ0n) is 15.0. The molecule has 1 saturated heterocycles. The molecule has 0 saturated carbocycles. The highest BCUT2D eigenvalue weighted by Crippen LogP contribution is 2.32. The summed E-state index contributed by atoms with van der Waals surface area (Å²) in [5, 5.41) is 0. The lowest BCUT2D eigenvalue weighted by molar-refractivity contribution is 0.0236. The SMILES string of the molecule is CC(C)(C)OC(=O)N1CCC(=C(c2ccccc2)c2cnco2)CC1. The van der Waals surface area contributed by atoms with Crippen molar-refractivity contribution in [1.29, 1.82) is 0 Å². The number of rotatable bonds is 2. The molecule has 25 heavy (non-hydrogen) atoms. The van der Waals surface area contributed by atoms with Gasteiger partial charge in [-0.2, -0.15) is 0 Å². The lowest BCUT2D eigenvalue weighted by atomic mass is 9.92. The molecule has 0 unspecified atom stereocenters. The van der Waals surface area contributed by atoms with E-state index in [4.69, 9.17) is 9.15 Å². The summed E-state index contributed by atoms with van der Waals surface area (Å²) >= 11 is 0. The fraction of sp³-hybridized carbons (Fsp3) is 0.400. The number of likely N-dealkylation sites (tertiary alicyclic amines) is 1. The Labute approximate surface area is 148 Å². The molecule has 2 heterocycles. The molecule has 0 spiro atoms. The van der Waals surface area contributed by atoms with Crippen LogP contribution in [-0.2, 0) is 4.74 Å². The van der Waals surface area contributed by atoms with Crippen LogP contribution >= 0.6 is 0 Å². The largest absolute Gasteiger partial charge is 0.444 e. The summed E-state index contributed by atoms with van der Waals surface area (Å²) in [6.07, 6.45) is 4.55. The Kier molecular flexibility index (Phi) is 4.93. The molecule has 0 atom stereocenters. The van der Waals surface area contributed by atoms with E-state index >= 15 is 0 Å². The van der Waals surface area contributed by atoms with Gasteiger partial charge in [0.15, 0.2) is 12.2 Å². The van der Waals surface area contributed by atoms with Crippen molar-refractivity contribution in [2.24, 2.45) is 0 Å². The molecule has 0 bridgehead atoms. The van der Waals surface area contributed by atoms with Crippen LogP contribution in [0.2, 0.25) is 0 Å². The Morgan fingerprint density at radius 3 is 2.40 bits per heavy atom. The average molecular weight is 340 g/mol. The number of aromatic nitrogens is 1. The summed E-state index contributed by atoms with van der Waals surface area (Å²) in [6.45, 7) is 6.95. The van der Waals surface area contributed by atoms with Gasteiger partial charge < -0.3 is 14.1 Å². The van der Waals surface area contributed by atoms with Crippen LogP contribution in [0.4, 0.5) is 4.79 Å². The van der Waals surface area contributed by atoms with Crippen LogP contribution in [0.1, 0.15) is 44.9 Å². The Balaban J connectivity index is 1.81. The number of amides is 1. The third-order valence-electron chi connectivity index (χ3n) is 4.11. The number of benzene rings is 1. The molecule has 1 amide bonds. The van der Waals surface area contributed by atoms with Gasteiger partial charge in [-0.05, 0) is 39.2 Å². The molecular formula is C20H24N2O3. The van der Waals surface area contributed by atoms with E-state index in [0.29, 0.717) is 13.1 Å². The van der Waals surface area contributed by atoms with Gasteiger partial charge in [0.1, 0.15) is 5.60 Å². The summed E-state index contributed by atoms with van der Waals surface area (Å²) < 4.78 is 11.0. The number of carbonyl (C=O) groups is 1. The first-order valence-corrected chi connectivity index (χ1v) is 8.58. The van der Waals surface area contributed by atoms with Gasteiger partial charge in [0.25, 0.3) is 0 Å². The van der Waals surface area contributed by atoms with Crippen LogP contribution in [0.3, 0.4) is 0 Å². The zero-order chi connectivity index (χ0) is 17.9. The van der Waals surface area contributed by atoms with Gasteiger partial charge in [-0.15, -0.1) is 0 Å². The van der Waals surface area contributed by atoms with Gasteiger partial charge in [-0.3, -0.25) is 0 Å². The first kappa shape index (κ1) is 17.3. The number of hydrogen-bond acceptors (Lipinski definition) is 4.